The zero-order valence-electron chi connectivity index (χ0n) is 13.4. The van der Waals surface area contributed by atoms with Crippen molar-refractivity contribution < 1.29 is 23.6 Å². The minimum absolute atomic E-state index is 0.117. The van der Waals surface area contributed by atoms with Gasteiger partial charge in [-0.1, -0.05) is 0 Å². The second-order valence-electron chi connectivity index (χ2n) is 5.84. The number of nitrogens with one attached hydrogen (secondary N) is 1. The van der Waals surface area contributed by atoms with E-state index in [4.69, 9.17) is 11.5 Å². The molecular formula is C16H19FN4O4. The zero-order valence-corrected chi connectivity index (χ0v) is 13.4. The molecule has 25 heavy (non-hydrogen) atoms. The molecule has 1 saturated heterocycles. The number of hydrogen-bond donors (Lipinski definition) is 3. The van der Waals surface area contributed by atoms with E-state index in [1.165, 1.54) is 29.2 Å². The molecule has 4 amide bonds. The van der Waals surface area contributed by atoms with Crippen LogP contribution in [0.1, 0.15) is 23.2 Å². The van der Waals surface area contributed by atoms with E-state index in [1.54, 1.807) is 0 Å². The van der Waals surface area contributed by atoms with Gasteiger partial charge in [-0.2, -0.15) is 0 Å². The van der Waals surface area contributed by atoms with Gasteiger partial charge in [0.25, 0.3) is 5.91 Å². The second kappa shape index (κ2) is 7.73. The molecule has 0 aliphatic carbocycles. The minimum Gasteiger partial charge on any atom is -0.367 e. The summed E-state index contributed by atoms with van der Waals surface area (Å²) < 4.78 is 13.0. The van der Waals surface area contributed by atoms with E-state index in [1.807, 2.05) is 0 Å². The Kier molecular flexibility index (Phi) is 5.68. The lowest BCUT2D eigenvalue weighted by atomic mass is 9.96. The first-order chi connectivity index (χ1) is 11.8. The first-order valence-electron chi connectivity index (χ1n) is 7.73. The maximum Gasteiger partial charge on any atom is 0.253 e. The van der Waals surface area contributed by atoms with Crippen LogP contribution >= 0.6 is 0 Å². The van der Waals surface area contributed by atoms with Gasteiger partial charge in [-0.05, 0) is 37.1 Å². The first-order valence-corrected chi connectivity index (χ1v) is 7.73. The van der Waals surface area contributed by atoms with E-state index < -0.39 is 35.5 Å². The highest BCUT2D eigenvalue weighted by atomic mass is 19.1. The molecule has 1 aliphatic heterocycles. The number of carbonyl (C=O) groups is 4. The molecule has 0 saturated carbocycles. The number of piperidine rings is 1. The summed E-state index contributed by atoms with van der Waals surface area (Å²) in [5, 5.41) is 2.22. The lowest BCUT2D eigenvalue weighted by Gasteiger charge is -2.32. The maximum absolute atomic E-state index is 13.0. The Bertz CT molecular complexity index is 678. The molecule has 0 unspecified atom stereocenters. The molecule has 134 valence electrons. The molecule has 1 aliphatic rings. The lowest BCUT2D eigenvalue weighted by Crippen LogP contribution is -2.55. The Hall–Kier alpha value is -2.97. The quantitative estimate of drug-likeness (QED) is 0.595. The number of nitrogens with two attached hydrogens (primary N) is 2. The number of amides is 4. The fraction of sp³-hybridized carbons (Fsp3) is 0.375. The Balaban J connectivity index is 2.03. The molecule has 0 bridgehead atoms. The molecule has 1 aromatic rings. The van der Waals surface area contributed by atoms with Crippen molar-refractivity contribution in [1.82, 2.24) is 10.2 Å². The van der Waals surface area contributed by atoms with Crippen molar-refractivity contribution in [3.05, 3.63) is 35.6 Å². The molecule has 2 rings (SSSR count). The molecular weight excluding hydrogens is 331 g/mol. The summed E-state index contributed by atoms with van der Waals surface area (Å²) in [7, 11) is 0. The van der Waals surface area contributed by atoms with Crippen molar-refractivity contribution in [2.75, 3.05) is 13.1 Å². The zero-order chi connectivity index (χ0) is 18.6. The average Bonchev–Trinajstić information content (AvgIpc) is 2.59. The molecule has 9 heteroatoms. The van der Waals surface area contributed by atoms with Crippen LogP contribution in [0.15, 0.2) is 24.3 Å². The third-order valence-corrected chi connectivity index (χ3v) is 4.03. The number of likely N-dealkylation sites (tertiary alicyclic amines) is 1. The third-order valence-electron chi connectivity index (χ3n) is 4.03. The Morgan fingerprint density at radius 3 is 2.28 bits per heavy atom. The molecule has 1 atom stereocenters. The molecule has 0 spiro atoms. The molecule has 8 nitrogen and oxygen atoms in total. The van der Waals surface area contributed by atoms with E-state index in [0.29, 0.717) is 24.9 Å². The monoisotopic (exact) mass is 350 g/mol. The summed E-state index contributed by atoms with van der Waals surface area (Å²) in [6.07, 6.45) is 1.06. The van der Waals surface area contributed by atoms with Crippen molar-refractivity contribution in [2.24, 2.45) is 17.4 Å². The van der Waals surface area contributed by atoms with Gasteiger partial charge in [0.2, 0.25) is 17.7 Å². The molecule has 1 aromatic carbocycles. The van der Waals surface area contributed by atoms with Crippen LogP contribution in [0, 0.1) is 11.7 Å². The Morgan fingerprint density at radius 2 is 1.72 bits per heavy atom. The van der Waals surface area contributed by atoms with E-state index >= 15 is 0 Å². The van der Waals surface area contributed by atoms with Gasteiger partial charge >= 0.3 is 0 Å². The standard InChI is InChI=1S/C16H19FN4O4/c17-11-5-3-9(4-6-11)16(25)21-7-1-2-10(8-21)15(24)20-12(13(18)22)14(19)23/h3-6,10,12H,1-2,7-8H2,(H2,18,22)(H2,19,23)(H,20,24)/t10-/m1/s1. The predicted molar refractivity (Wildman–Crippen MR) is 85.3 cm³/mol. The highest BCUT2D eigenvalue weighted by Gasteiger charge is 2.32. The molecule has 0 radical (unpaired) electrons. The second-order valence-corrected chi connectivity index (χ2v) is 5.84. The summed E-state index contributed by atoms with van der Waals surface area (Å²) in [4.78, 5) is 48.5. The van der Waals surface area contributed by atoms with Crippen molar-refractivity contribution in [2.45, 2.75) is 18.9 Å². The fourth-order valence-electron chi connectivity index (χ4n) is 2.69. The lowest BCUT2D eigenvalue weighted by molar-refractivity contribution is -0.136. The number of carbonyl (C=O) groups excluding carboxylic acids is 4. The summed E-state index contributed by atoms with van der Waals surface area (Å²) in [5.41, 5.74) is 10.4. The smallest absolute Gasteiger partial charge is 0.253 e. The van der Waals surface area contributed by atoms with Crippen molar-refractivity contribution >= 4 is 23.6 Å². The topological polar surface area (TPSA) is 136 Å². The normalized spacial score (nSPS) is 17.2. The maximum atomic E-state index is 13.0. The van der Waals surface area contributed by atoms with Gasteiger partial charge in [0.15, 0.2) is 6.04 Å². The highest BCUT2D eigenvalue weighted by molar-refractivity contribution is 6.05. The van der Waals surface area contributed by atoms with Crippen LogP contribution in [0.3, 0.4) is 0 Å². The molecule has 1 heterocycles. The van der Waals surface area contributed by atoms with Gasteiger partial charge in [0.1, 0.15) is 5.82 Å². The Labute approximate surface area is 143 Å². The van der Waals surface area contributed by atoms with Gasteiger partial charge in [-0.25, -0.2) is 4.39 Å². The van der Waals surface area contributed by atoms with Gasteiger partial charge in [0, 0.05) is 18.7 Å². The molecule has 5 N–H and O–H groups in total. The van der Waals surface area contributed by atoms with Crippen LogP contribution in [0.25, 0.3) is 0 Å². The van der Waals surface area contributed by atoms with Crippen molar-refractivity contribution in [3.63, 3.8) is 0 Å². The van der Waals surface area contributed by atoms with Crippen LogP contribution < -0.4 is 16.8 Å². The summed E-state index contributed by atoms with van der Waals surface area (Å²) in [6.45, 7) is 0.571. The fourth-order valence-corrected chi connectivity index (χ4v) is 2.69. The Morgan fingerprint density at radius 1 is 1.12 bits per heavy atom. The van der Waals surface area contributed by atoms with Crippen LogP contribution in [0.2, 0.25) is 0 Å². The summed E-state index contributed by atoms with van der Waals surface area (Å²) in [5.74, 6) is -4.03. The van der Waals surface area contributed by atoms with Crippen LogP contribution in [-0.4, -0.2) is 47.7 Å². The minimum atomic E-state index is -1.59. The SMILES string of the molecule is NC(=O)C(NC(=O)[C@@H]1CCCN(C(=O)c2ccc(F)cc2)C1)C(N)=O. The van der Waals surface area contributed by atoms with E-state index in [2.05, 4.69) is 5.32 Å². The average molecular weight is 350 g/mol. The van der Waals surface area contributed by atoms with Gasteiger partial charge in [0.05, 0.1) is 5.92 Å². The number of nitrogens with zero attached hydrogens (tertiary/aromatic N) is 1. The van der Waals surface area contributed by atoms with Crippen LogP contribution in [-0.2, 0) is 14.4 Å². The number of halogens is 1. The number of primary amides is 2. The van der Waals surface area contributed by atoms with E-state index in [0.717, 1.165) is 0 Å². The number of hydrogen-bond acceptors (Lipinski definition) is 4. The molecule has 1 fully saturated rings. The third kappa shape index (κ3) is 4.52. The van der Waals surface area contributed by atoms with Crippen molar-refractivity contribution in [1.29, 1.82) is 0 Å². The van der Waals surface area contributed by atoms with Crippen LogP contribution in [0.5, 0.6) is 0 Å². The summed E-state index contributed by atoms with van der Waals surface area (Å²) in [6, 6.07) is 3.53. The first kappa shape index (κ1) is 18.4. The largest absolute Gasteiger partial charge is 0.367 e. The van der Waals surface area contributed by atoms with E-state index in [-0.39, 0.29) is 12.5 Å². The van der Waals surface area contributed by atoms with Gasteiger partial charge in [-0.3, -0.25) is 19.2 Å². The highest BCUT2D eigenvalue weighted by Crippen LogP contribution is 2.19. The summed E-state index contributed by atoms with van der Waals surface area (Å²) >= 11 is 0. The van der Waals surface area contributed by atoms with Gasteiger partial charge in [-0.15, -0.1) is 0 Å². The number of rotatable bonds is 5. The van der Waals surface area contributed by atoms with Crippen molar-refractivity contribution in [3.8, 4) is 0 Å². The number of benzene rings is 1. The molecule has 0 aromatic heterocycles. The predicted octanol–water partition coefficient (Wildman–Crippen LogP) is -0.867. The van der Waals surface area contributed by atoms with E-state index in [9.17, 15) is 23.6 Å². The van der Waals surface area contributed by atoms with Gasteiger partial charge < -0.3 is 21.7 Å². The van der Waals surface area contributed by atoms with Crippen LogP contribution in [0.4, 0.5) is 4.39 Å².